The summed E-state index contributed by atoms with van der Waals surface area (Å²) in [5.41, 5.74) is 1.30. The van der Waals surface area contributed by atoms with E-state index >= 15 is 0 Å². The van der Waals surface area contributed by atoms with E-state index in [0.29, 0.717) is 34.3 Å². The van der Waals surface area contributed by atoms with Gasteiger partial charge in [-0.1, -0.05) is 12.0 Å². The average Bonchev–Trinajstić information content (AvgIpc) is 3.13. The molecule has 0 saturated carbocycles. The van der Waals surface area contributed by atoms with Gasteiger partial charge in [0.2, 0.25) is 9.84 Å². The van der Waals surface area contributed by atoms with Crippen molar-refractivity contribution < 1.29 is 96.5 Å². The average molecular weight is 773 g/mol. The summed E-state index contributed by atoms with van der Waals surface area (Å²) < 4.78 is 91.6. The molecule has 6 aromatic carbocycles. The fourth-order valence-electron chi connectivity index (χ4n) is 4.92. The maximum atomic E-state index is 13.4. The first-order valence-corrected chi connectivity index (χ1v) is 18.4. The predicted octanol–water partition coefficient (Wildman–Crippen LogP) is 5.90. The van der Waals surface area contributed by atoms with E-state index in [-0.39, 0.29) is 78.4 Å². The quantitative estimate of drug-likeness (QED) is 0.0841. The molecule has 10 nitrogen and oxygen atoms in total. The number of hydrogen-bond acceptors (Lipinski definition) is 10. The van der Waals surface area contributed by atoms with Gasteiger partial charge in [0.05, 0.1) is 22.5 Å². The number of rotatable bonds is 12. The Hall–Kier alpha value is -4.62. The molecule has 0 heterocycles. The summed E-state index contributed by atoms with van der Waals surface area (Å²) >= 11 is 0. The van der Waals surface area contributed by atoms with Crippen molar-refractivity contribution >= 4 is 20.0 Å². The Morgan fingerprint density at radius 1 is 0.528 bits per heavy atom. The van der Waals surface area contributed by atoms with E-state index in [2.05, 4.69) is 5.92 Å². The second kappa shape index (κ2) is 17.0. The van der Waals surface area contributed by atoms with Crippen LogP contribution in [0.3, 0.4) is 0 Å². The molecule has 6 rings (SSSR count). The SMILES string of the molecule is C#Cc1ccc(C)cc1Oc1ccc(Oc2ccc(S(=O)(=O)c3ccc(Oc4ccc(Oc5ccc(OC)cc5)cc4)cc3)cc2)c(S(=O)(=O)[O-])c1.[K+]. The molecule has 0 aliphatic heterocycles. The van der Waals surface area contributed by atoms with Gasteiger partial charge in [-0.15, -0.1) is 6.42 Å². The molecule has 6 aromatic rings. The Labute approximate surface area is 350 Å². The first-order chi connectivity index (χ1) is 24.9. The van der Waals surface area contributed by atoms with Gasteiger partial charge < -0.3 is 28.2 Å². The summed E-state index contributed by atoms with van der Waals surface area (Å²) in [6.07, 6.45) is 5.55. The van der Waals surface area contributed by atoms with Crippen LogP contribution in [0.4, 0.5) is 0 Å². The van der Waals surface area contributed by atoms with E-state index in [1.54, 1.807) is 73.8 Å². The Kier molecular flexibility index (Phi) is 12.7. The molecule has 0 aromatic heterocycles. The first kappa shape index (κ1) is 39.6. The fraction of sp³-hybridized carbons (Fsp3) is 0.0500. The third-order valence-corrected chi connectivity index (χ3v) is 10.2. The molecule has 0 saturated heterocycles. The summed E-state index contributed by atoms with van der Waals surface area (Å²) in [5, 5.41) is 0. The molecule has 0 bridgehead atoms. The standard InChI is InChI=1S/C40H30O10S2.K/c1-4-28-6-5-27(2)25-39(28)50-35-19-24-38(40(26-35)52(43,44)45)49-34-17-22-37(23-18-34)51(41,42)36-20-15-33(16-21-36)48-32-13-11-31(12-14-32)47-30-9-7-29(46-3)8-10-30;/h1,5-26H,2-3H3,(H,43,44,45);/q;+1/p-1. The van der Waals surface area contributed by atoms with Crippen molar-refractivity contribution in [3.63, 3.8) is 0 Å². The summed E-state index contributed by atoms with van der Waals surface area (Å²) in [6.45, 7) is 1.84. The van der Waals surface area contributed by atoms with Gasteiger partial charge in [0.25, 0.3) is 0 Å². The Balaban J connectivity index is 0.00000541. The Morgan fingerprint density at radius 2 is 0.943 bits per heavy atom. The van der Waals surface area contributed by atoms with E-state index in [1.807, 2.05) is 6.92 Å². The van der Waals surface area contributed by atoms with Gasteiger partial charge in [0.15, 0.2) is 0 Å². The van der Waals surface area contributed by atoms with Crippen LogP contribution in [0.25, 0.3) is 0 Å². The van der Waals surface area contributed by atoms with Crippen LogP contribution in [0.2, 0.25) is 0 Å². The number of methoxy groups -OCH3 is 1. The molecule has 0 fully saturated rings. The topological polar surface area (TPSA) is 137 Å². The zero-order valence-corrected chi connectivity index (χ0v) is 33.4. The van der Waals surface area contributed by atoms with Crippen LogP contribution in [-0.4, -0.2) is 28.5 Å². The molecule has 0 radical (unpaired) electrons. The molecule has 0 N–H and O–H groups in total. The van der Waals surface area contributed by atoms with Crippen LogP contribution >= 0.6 is 0 Å². The minimum Gasteiger partial charge on any atom is -0.744 e. The van der Waals surface area contributed by atoms with Gasteiger partial charge >= 0.3 is 51.4 Å². The number of benzene rings is 6. The van der Waals surface area contributed by atoms with Gasteiger partial charge in [-0.2, -0.15) is 0 Å². The monoisotopic (exact) mass is 772 g/mol. The van der Waals surface area contributed by atoms with Crippen LogP contribution in [0.1, 0.15) is 11.1 Å². The molecule has 0 atom stereocenters. The van der Waals surface area contributed by atoms with Crippen LogP contribution in [0.15, 0.2) is 148 Å². The van der Waals surface area contributed by atoms with Gasteiger partial charge in [-0.3, -0.25) is 0 Å². The van der Waals surface area contributed by atoms with Crippen molar-refractivity contribution in [2.45, 2.75) is 21.6 Å². The molecule has 0 aliphatic carbocycles. The third kappa shape index (κ3) is 9.88. The maximum Gasteiger partial charge on any atom is 1.00 e. The molecule has 262 valence electrons. The zero-order valence-electron chi connectivity index (χ0n) is 28.7. The summed E-state index contributed by atoms with van der Waals surface area (Å²) in [4.78, 5) is -0.686. The third-order valence-electron chi connectivity index (χ3n) is 7.56. The molecule has 53 heavy (non-hydrogen) atoms. The largest absolute Gasteiger partial charge is 1.00 e. The molecule has 0 spiro atoms. The number of ether oxygens (including phenoxy) is 5. The first-order valence-electron chi connectivity index (χ1n) is 15.5. The van der Waals surface area contributed by atoms with E-state index < -0.39 is 24.9 Å². The Bertz CT molecular complexity index is 2480. The smallest absolute Gasteiger partial charge is 0.744 e. The van der Waals surface area contributed by atoms with Crippen molar-refractivity contribution in [1.82, 2.24) is 0 Å². The van der Waals surface area contributed by atoms with Crippen molar-refractivity contribution in [3.8, 4) is 64.1 Å². The maximum absolute atomic E-state index is 13.4. The number of hydrogen-bond donors (Lipinski definition) is 0. The van der Waals surface area contributed by atoms with Crippen LogP contribution in [-0.2, 0) is 20.0 Å². The summed E-state index contributed by atoms with van der Waals surface area (Å²) in [6, 6.07) is 34.3. The molecule has 0 amide bonds. The number of terminal acetylenes is 1. The van der Waals surface area contributed by atoms with Crippen molar-refractivity contribution in [2.24, 2.45) is 0 Å². The van der Waals surface area contributed by atoms with Gasteiger partial charge in [-0.05, 0) is 134 Å². The van der Waals surface area contributed by atoms with E-state index in [9.17, 15) is 21.4 Å². The van der Waals surface area contributed by atoms with Crippen LogP contribution in [0, 0.1) is 19.3 Å². The molecule has 13 heteroatoms. The molecule has 0 aliphatic rings. The van der Waals surface area contributed by atoms with E-state index in [1.165, 1.54) is 60.7 Å². The minimum atomic E-state index is -5.01. The van der Waals surface area contributed by atoms with Gasteiger partial charge in [-0.25, -0.2) is 16.8 Å². The van der Waals surface area contributed by atoms with Crippen molar-refractivity contribution in [3.05, 3.63) is 145 Å². The molecular formula is C40H29KO10S2. The van der Waals surface area contributed by atoms with Gasteiger partial charge in [0.1, 0.15) is 66.8 Å². The van der Waals surface area contributed by atoms with Gasteiger partial charge in [0, 0.05) is 6.07 Å². The molecule has 0 unspecified atom stereocenters. The van der Waals surface area contributed by atoms with E-state index in [0.717, 1.165) is 17.4 Å². The number of sulfone groups is 1. The van der Waals surface area contributed by atoms with Crippen molar-refractivity contribution in [2.75, 3.05) is 7.11 Å². The van der Waals surface area contributed by atoms with Crippen LogP contribution in [0.5, 0.6) is 51.7 Å². The zero-order chi connectivity index (χ0) is 36.9. The second-order valence-corrected chi connectivity index (χ2v) is 14.5. The minimum absolute atomic E-state index is 0. The fourth-order valence-corrected chi connectivity index (χ4v) is 6.80. The normalized spacial score (nSPS) is 11.1. The summed E-state index contributed by atoms with van der Waals surface area (Å²) in [7, 11) is -7.36. The van der Waals surface area contributed by atoms with E-state index in [4.69, 9.17) is 30.1 Å². The van der Waals surface area contributed by atoms with Crippen LogP contribution < -0.4 is 75.1 Å². The number of aryl methyl sites for hydroxylation is 1. The molecular weight excluding hydrogens is 744 g/mol. The van der Waals surface area contributed by atoms with Crippen molar-refractivity contribution in [1.29, 1.82) is 0 Å². The predicted molar refractivity (Wildman–Crippen MR) is 192 cm³/mol. The summed E-state index contributed by atoms with van der Waals surface area (Å²) in [5.74, 6) is 5.59. The second-order valence-electron chi connectivity index (χ2n) is 11.2. The Morgan fingerprint density at radius 3 is 1.40 bits per heavy atom.